The van der Waals surface area contributed by atoms with Crippen molar-refractivity contribution in [2.75, 3.05) is 0 Å². The molecule has 0 unspecified atom stereocenters. The third-order valence-corrected chi connectivity index (χ3v) is 8.12. The first-order valence-corrected chi connectivity index (χ1v) is 15.4. The fourth-order valence-electron chi connectivity index (χ4n) is 5.76. The molecule has 6 nitrogen and oxygen atoms in total. The summed E-state index contributed by atoms with van der Waals surface area (Å²) < 4.78 is 0. The van der Waals surface area contributed by atoms with Crippen LogP contribution in [-0.2, 0) is 6.42 Å². The van der Waals surface area contributed by atoms with Gasteiger partial charge in [0.25, 0.3) is 0 Å². The molecule has 4 aromatic heterocycles. The number of benzene rings is 4. The maximum atomic E-state index is 5.20. The molecule has 0 radical (unpaired) electrons. The van der Waals surface area contributed by atoms with Crippen LogP contribution in [-0.4, -0.2) is 29.9 Å². The van der Waals surface area contributed by atoms with Gasteiger partial charge in [0.1, 0.15) is 5.69 Å². The molecule has 0 spiro atoms. The molecule has 8 rings (SSSR count). The van der Waals surface area contributed by atoms with Crippen LogP contribution in [0.15, 0.2) is 140 Å². The van der Waals surface area contributed by atoms with Crippen LogP contribution in [0.3, 0.4) is 0 Å². The molecule has 218 valence electrons. The summed E-state index contributed by atoms with van der Waals surface area (Å²) in [4.78, 5) is 29.4. The molecule has 0 saturated heterocycles. The average Bonchev–Trinajstić information content (AvgIpc) is 3.15. The minimum atomic E-state index is 0.528. The number of aryl methyl sites for hydroxylation is 1. The molecule has 4 aromatic carbocycles. The molecule has 0 atom stereocenters. The number of pyridine rings is 3. The predicted octanol–water partition coefficient (Wildman–Crippen LogP) is 9.26. The molecular formula is C40H28N6. The Morgan fingerprint density at radius 1 is 0.457 bits per heavy atom. The zero-order valence-corrected chi connectivity index (χ0v) is 25.2. The van der Waals surface area contributed by atoms with Crippen LogP contribution in [0.2, 0.25) is 0 Å². The summed E-state index contributed by atoms with van der Waals surface area (Å²) in [5, 5.41) is 2.11. The van der Waals surface area contributed by atoms with Crippen molar-refractivity contribution in [1.82, 2.24) is 29.9 Å². The van der Waals surface area contributed by atoms with Crippen molar-refractivity contribution in [2.45, 2.75) is 13.3 Å². The van der Waals surface area contributed by atoms with Gasteiger partial charge in [-0.3, -0.25) is 9.97 Å². The van der Waals surface area contributed by atoms with Crippen LogP contribution in [0.25, 0.3) is 78.5 Å². The Balaban J connectivity index is 1.34. The maximum Gasteiger partial charge on any atom is 0.182 e. The Morgan fingerprint density at radius 3 is 1.89 bits per heavy atom. The van der Waals surface area contributed by atoms with E-state index in [0.717, 1.165) is 67.4 Å². The number of hydrogen-bond donors (Lipinski definition) is 0. The first-order chi connectivity index (χ1) is 22.7. The number of aromatic nitrogens is 6. The maximum absolute atomic E-state index is 5.20. The highest BCUT2D eigenvalue weighted by molar-refractivity contribution is 6.09. The van der Waals surface area contributed by atoms with Gasteiger partial charge in [-0.15, -0.1) is 0 Å². The second-order valence-electron chi connectivity index (χ2n) is 11.1. The first kappa shape index (κ1) is 27.4. The van der Waals surface area contributed by atoms with Gasteiger partial charge in [-0.25, -0.2) is 19.9 Å². The lowest BCUT2D eigenvalue weighted by Gasteiger charge is -2.14. The van der Waals surface area contributed by atoms with Crippen molar-refractivity contribution in [3.8, 4) is 56.7 Å². The number of nitrogens with zero attached hydrogens (tertiary/aromatic N) is 6. The Bertz CT molecular complexity index is 2280. The summed E-state index contributed by atoms with van der Waals surface area (Å²) in [6.07, 6.45) is 2.61. The zero-order chi connectivity index (χ0) is 30.9. The van der Waals surface area contributed by atoms with Gasteiger partial charge in [-0.1, -0.05) is 110 Å². The van der Waals surface area contributed by atoms with E-state index < -0.39 is 0 Å². The number of fused-ring (bicyclic) bond motifs is 3. The second-order valence-corrected chi connectivity index (χ2v) is 11.1. The molecule has 0 fully saturated rings. The van der Waals surface area contributed by atoms with E-state index in [0.29, 0.717) is 23.2 Å². The molecule has 8 aromatic rings. The summed E-state index contributed by atoms with van der Waals surface area (Å²) in [6, 6.07) is 45.1. The van der Waals surface area contributed by atoms with Gasteiger partial charge in [0, 0.05) is 39.4 Å². The van der Waals surface area contributed by atoms with Crippen molar-refractivity contribution in [2.24, 2.45) is 0 Å². The van der Waals surface area contributed by atoms with Crippen molar-refractivity contribution >= 4 is 21.8 Å². The Hall–Kier alpha value is -6.14. The summed E-state index contributed by atoms with van der Waals surface area (Å²) in [7, 11) is 0. The van der Waals surface area contributed by atoms with Gasteiger partial charge in [-0.05, 0) is 47.9 Å². The minimum Gasteiger partial charge on any atom is -0.253 e. The van der Waals surface area contributed by atoms with Gasteiger partial charge in [-0.2, -0.15) is 0 Å². The van der Waals surface area contributed by atoms with Gasteiger partial charge < -0.3 is 0 Å². The molecule has 4 heterocycles. The lowest BCUT2D eigenvalue weighted by atomic mass is 9.95. The third-order valence-electron chi connectivity index (χ3n) is 8.12. The van der Waals surface area contributed by atoms with Gasteiger partial charge in [0.05, 0.1) is 16.7 Å². The van der Waals surface area contributed by atoms with E-state index in [9.17, 15) is 0 Å². The van der Waals surface area contributed by atoms with E-state index in [-0.39, 0.29) is 0 Å². The summed E-state index contributed by atoms with van der Waals surface area (Å²) in [6.45, 7) is 2.13. The Labute approximate surface area is 266 Å². The van der Waals surface area contributed by atoms with Crippen molar-refractivity contribution in [1.29, 1.82) is 0 Å². The highest BCUT2D eigenvalue weighted by atomic mass is 15.0. The molecule has 6 heteroatoms. The molecule has 0 aliphatic carbocycles. The third kappa shape index (κ3) is 5.16. The SMILES string of the molecule is CCc1ccc2ccc3c(-c4cccc(-c5nc(-c6ccccc6)nc(-c6ccccn6)n5)c4)cc(-c4ccccc4)nc3c2n1. The average molecular weight is 593 g/mol. The first-order valence-electron chi connectivity index (χ1n) is 15.4. The summed E-state index contributed by atoms with van der Waals surface area (Å²) in [5.41, 5.74) is 9.39. The van der Waals surface area contributed by atoms with E-state index in [4.69, 9.17) is 24.9 Å². The van der Waals surface area contributed by atoms with E-state index in [1.165, 1.54) is 0 Å². The molecule has 0 N–H and O–H groups in total. The highest BCUT2D eigenvalue weighted by Gasteiger charge is 2.16. The van der Waals surface area contributed by atoms with Crippen LogP contribution >= 0.6 is 0 Å². The quantitative estimate of drug-likeness (QED) is 0.179. The van der Waals surface area contributed by atoms with Crippen LogP contribution in [0.1, 0.15) is 12.6 Å². The van der Waals surface area contributed by atoms with E-state index in [1.807, 2.05) is 72.8 Å². The lowest BCUT2D eigenvalue weighted by Crippen LogP contribution is -2.01. The zero-order valence-electron chi connectivity index (χ0n) is 25.2. The molecule has 0 aliphatic rings. The molecule has 0 saturated carbocycles. The smallest absolute Gasteiger partial charge is 0.182 e. The largest absolute Gasteiger partial charge is 0.253 e. The molecule has 0 amide bonds. The van der Waals surface area contributed by atoms with Crippen LogP contribution in [0.5, 0.6) is 0 Å². The highest BCUT2D eigenvalue weighted by Crippen LogP contribution is 2.36. The topological polar surface area (TPSA) is 77.3 Å². The molecular weight excluding hydrogens is 564 g/mol. The van der Waals surface area contributed by atoms with Gasteiger partial charge >= 0.3 is 0 Å². The van der Waals surface area contributed by atoms with Crippen molar-refractivity contribution in [3.63, 3.8) is 0 Å². The Morgan fingerprint density at radius 2 is 1.13 bits per heavy atom. The molecule has 0 aliphatic heterocycles. The number of rotatable bonds is 6. The second kappa shape index (κ2) is 11.7. The summed E-state index contributed by atoms with van der Waals surface area (Å²) in [5.74, 6) is 1.71. The van der Waals surface area contributed by atoms with Gasteiger partial charge in [0.15, 0.2) is 17.5 Å². The Kier molecular flexibility index (Phi) is 7.00. The van der Waals surface area contributed by atoms with Gasteiger partial charge in [0.2, 0.25) is 0 Å². The van der Waals surface area contributed by atoms with Crippen molar-refractivity contribution < 1.29 is 0 Å². The fraction of sp³-hybridized carbons (Fsp3) is 0.0500. The van der Waals surface area contributed by atoms with Crippen LogP contribution in [0, 0.1) is 0 Å². The standard InChI is InChI=1S/C40H28N6/c1-2-31-21-19-27-20-22-32-33(25-35(26-12-5-3-6-13-26)43-37(32)36(27)42-31)29-16-11-17-30(24-29)39-44-38(28-14-7-4-8-15-28)45-40(46-39)34-18-9-10-23-41-34/h3-25H,2H2,1H3. The van der Waals surface area contributed by atoms with E-state index in [2.05, 4.69) is 72.6 Å². The number of hydrogen-bond acceptors (Lipinski definition) is 6. The normalized spacial score (nSPS) is 11.2. The van der Waals surface area contributed by atoms with E-state index >= 15 is 0 Å². The van der Waals surface area contributed by atoms with Crippen LogP contribution in [0.4, 0.5) is 0 Å². The minimum absolute atomic E-state index is 0.528. The molecule has 46 heavy (non-hydrogen) atoms. The molecule has 0 bridgehead atoms. The predicted molar refractivity (Wildman–Crippen MR) is 185 cm³/mol. The van der Waals surface area contributed by atoms with Crippen LogP contribution < -0.4 is 0 Å². The fourth-order valence-corrected chi connectivity index (χ4v) is 5.76. The summed E-state index contributed by atoms with van der Waals surface area (Å²) >= 11 is 0. The monoisotopic (exact) mass is 592 g/mol. The van der Waals surface area contributed by atoms with E-state index in [1.54, 1.807) is 6.20 Å². The lowest BCUT2D eigenvalue weighted by molar-refractivity contribution is 1.06. The van der Waals surface area contributed by atoms with Crippen molar-refractivity contribution in [3.05, 3.63) is 145 Å².